The molecule has 1 amide bonds. The molecule has 2 aromatic rings. The lowest BCUT2D eigenvalue weighted by Crippen LogP contribution is -2.37. The molecule has 9 nitrogen and oxygen atoms in total. The summed E-state index contributed by atoms with van der Waals surface area (Å²) in [7, 11) is -3.42. The number of amides is 1. The van der Waals surface area contributed by atoms with E-state index in [1.807, 2.05) is 0 Å². The normalized spacial score (nSPS) is 17.2. The van der Waals surface area contributed by atoms with Crippen LogP contribution in [-0.4, -0.2) is 47.3 Å². The van der Waals surface area contributed by atoms with Crippen LogP contribution in [0.3, 0.4) is 0 Å². The average molecular weight is 397 g/mol. The number of ether oxygens (including phenoxy) is 1. The number of hydrogen-bond donors (Lipinski definition) is 1. The van der Waals surface area contributed by atoms with E-state index in [-0.39, 0.29) is 18.2 Å². The Balaban J connectivity index is 1.42. The third kappa shape index (κ3) is 4.07. The summed E-state index contributed by atoms with van der Waals surface area (Å²) in [6, 6.07) is 6.82. The Hall–Kier alpha value is -3.53. The molecule has 10 heteroatoms. The monoisotopic (exact) mass is 397 g/mol. The molecule has 0 saturated heterocycles. The van der Waals surface area contributed by atoms with Crippen molar-refractivity contribution < 1.29 is 17.9 Å². The maximum Gasteiger partial charge on any atom is 0.257 e. The van der Waals surface area contributed by atoms with Crippen molar-refractivity contribution in [3.63, 3.8) is 0 Å². The van der Waals surface area contributed by atoms with E-state index in [1.165, 1.54) is 24.5 Å². The highest BCUT2D eigenvalue weighted by Crippen LogP contribution is 2.22. The van der Waals surface area contributed by atoms with Crippen molar-refractivity contribution in [2.24, 2.45) is 4.40 Å². The molecule has 1 aromatic carbocycles. The number of nitrogens with zero attached hydrogens (tertiary/aromatic N) is 4. The Morgan fingerprint density at radius 2 is 1.96 bits per heavy atom. The average Bonchev–Trinajstić information content (AvgIpc) is 2.69. The molecule has 1 aromatic heterocycles. The fraction of sp³-hybridized carbons (Fsp3) is 0.111. The Morgan fingerprint density at radius 1 is 1.14 bits per heavy atom. The van der Waals surface area contributed by atoms with Crippen LogP contribution in [0.1, 0.15) is 0 Å². The zero-order valence-electron chi connectivity index (χ0n) is 14.5. The second-order valence-corrected chi connectivity index (χ2v) is 7.73. The Labute approximate surface area is 161 Å². The van der Waals surface area contributed by atoms with Crippen molar-refractivity contribution in [2.45, 2.75) is 0 Å². The van der Waals surface area contributed by atoms with E-state index in [0.717, 1.165) is 0 Å². The second kappa shape index (κ2) is 7.24. The SMILES string of the molecule is O=C(Nc1ccc(Oc2cnccn2)cc1)C1=CN2CCS(=O)(=O)N=C2C=C1. The molecule has 0 atom stereocenters. The number of fused-ring (bicyclic) bond motifs is 1. The maximum absolute atomic E-state index is 12.5. The van der Waals surface area contributed by atoms with Gasteiger partial charge in [0.25, 0.3) is 15.9 Å². The number of carbonyl (C=O) groups is 1. The Kier molecular flexibility index (Phi) is 4.62. The molecule has 1 N–H and O–H groups in total. The van der Waals surface area contributed by atoms with Gasteiger partial charge in [0.05, 0.1) is 17.5 Å². The third-order valence-electron chi connectivity index (χ3n) is 3.96. The van der Waals surface area contributed by atoms with Crippen LogP contribution in [0.25, 0.3) is 0 Å². The molecule has 0 unspecified atom stereocenters. The van der Waals surface area contributed by atoms with Gasteiger partial charge >= 0.3 is 0 Å². The van der Waals surface area contributed by atoms with Gasteiger partial charge in [-0.25, -0.2) is 13.4 Å². The first-order chi connectivity index (χ1) is 13.5. The number of benzene rings is 1. The number of hydrogen-bond acceptors (Lipinski definition) is 7. The second-order valence-electron chi connectivity index (χ2n) is 5.97. The summed E-state index contributed by atoms with van der Waals surface area (Å²) in [6.45, 7) is 0.261. The number of carbonyl (C=O) groups excluding carboxylic acids is 1. The molecule has 3 heterocycles. The molecular weight excluding hydrogens is 382 g/mol. The molecule has 4 rings (SSSR count). The first-order valence-electron chi connectivity index (χ1n) is 8.33. The Bertz CT molecular complexity index is 1090. The molecule has 28 heavy (non-hydrogen) atoms. The third-order valence-corrected chi connectivity index (χ3v) is 5.12. The van der Waals surface area contributed by atoms with Crippen LogP contribution >= 0.6 is 0 Å². The molecule has 2 aliphatic rings. The van der Waals surface area contributed by atoms with Crippen LogP contribution in [0, 0.1) is 0 Å². The van der Waals surface area contributed by atoms with Crippen LogP contribution in [0.4, 0.5) is 5.69 Å². The van der Waals surface area contributed by atoms with Gasteiger partial charge in [-0.1, -0.05) is 0 Å². The highest BCUT2D eigenvalue weighted by molar-refractivity contribution is 7.90. The van der Waals surface area contributed by atoms with E-state index in [9.17, 15) is 13.2 Å². The molecule has 2 aliphatic heterocycles. The first kappa shape index (κ1) is 17.9. The largest absolute Gasteiger partial charge is 0.438 e. The fourth-order valence-electron chi connectivity index (χ4n) is 2.60. The predicted octanol–water partition coefficient (Wildman–Crippen LogP) is 1.70. The number of nitrogens with one attached hydrogen (secondary N) is 1. The summed E-state index contributed by atoms with van der Waals surface area (Å²) >= 11 is 0. The summed E-state index contributed by atoms with van der Waals surface area (Å²) in [5.41, 5.74) is 0.990. The summed E-state index contributed by atoms with van der Waals surface area (Å²) in [6.07, 6.45) is 9.23. The van der Waals surface area contributed by atoms with Crippen molar-refractivity contribution in [2.75, 3.05) is 17.6 Å². The lowest BCUT2D eigenvalue weighted by atomic mass is 10.1. The number of amidine groups is 1. The molecule has 0 bridgehead atoms. The van der Waals surface area contributed by atoms with Gasteiger partial charge in [-0.15, -0.1) is 4.40 Å². The van der Waals surface area contributed by atoms with Gasteiger partial charge in [0.1, 0.15) is 11.6 Å². The van der Waals surface area contributed by atoms with E-state index in [2.05, 4.69) is 19.7 Å². The summed E-state index contributed by atoms with van der Waals surface area (Å²) in [4.78, 5) is 22.1. The van der Waals surface area contributed by atoms with Gasteiger partial charge in [0.2, 0.25) is 5.88 Å². The predicted molar refractivity (Wildman–Crippen MR) is 102 cm³/mol. The topological polar surface area (TPSA) is 114 Å². The van der Waals surface area contributed by atoms with Crippen LogP contribution in [0.5, 0.6) is 11.6 Å². The van der Waals surface area contributed by atoms with Crippen molar-refractivity contribution >= 4 is 27.5 Å². The van der Waals surface area contributed by atoms with Crippen molar-refractivity contribution in [3.8, 4) is 11.6 Å². The highest BCUT2D eigenvalue weighted by Gasteiger charge is 2.25. The zero-order chi connectivity index (χ0) is 19.6. The minimum absolute atomic E-state index is 0.0804. The van der Waals surface area contributed by atoms with Gasteiger partial charge in [-0.05, 0) is 36.4 Å². The quantitative estimate of drug-likeness (QED) is 0.835. The number of rotatable bonds is 4. The summed E-state index contributed by atoms with van der Waals surface area (Å²) in [5.74, 6) is 0.853. The first-order valence-corrected chi connectivity index (χ1v) is 9.94. The summed E-state index contributed by atoms with van der Waals surface area (Å²) < 4.78 is 32.3. The van der Waals surface area contributed by atoms with E-state index >= 15 is 0 Å². The Morgan fingerprint density at radius 3 is 2.71 bits per heavy atom. The van der Waals surface area contributed by atoms with Gasteiger partial charge in [-0.3, -0.25) is 9.78 Å². The number of sulfonamides is 1. The van der Waals surface area contributed by atoms with Crippen LogP contribution in [-0.2, 0) is 14.8 Å². The van der Waals surface area contributed by atoms with Crippen LogP contribution in [0.15, 0.2) is 71.2 Å². The smallest absolute Gasteiger partial charge is 0.257 e. The zero-order valence-corrected chi connectivity index (χ0v) is 15.3. The number of aromatic nitrogens is 2. The standard InChI is InChI=1S/C18H15N5O4S/c24-18(13-1-6-16-22-28(25,26)10-9-23(16)12-13)21-14-2-4-15(5-3-14)27-17-11-19-7-8-20-17/h1-8,11-12H,9-10H2,(H,21,24). The van der Waals surface area contributed by atoms with Gasteiger partial charge < -0.3 is 15.0 Å². The van der Waals surface area contributed by atoms with E-state index in [4.69, 9.17) is 4.74 Å². The number of anilines is 1. The van der Waals surface area contributed by atoms with Gasteiger partial charge in [-0.2, -0.15) is 0 Å². The van der Waals surface area contributed by atoms with E-state index in [1.54, 1.807) is 41.6 Å². The molecule has 0 saturated carbocycles. The minimum atomic E-state index is -3.42. The van der Waals surface area contributed by atoms with E-state index in [0.29, 0.717) is 28.7 Å². The molecule has 0 aliphatic carbocycles. The molecule has 0 radical (unpaired) electrons. The lowest BCUT2D eigenvalue weighted by Gasteiger charge is -2.26. The molecule has 0 spiro atoms. The molecular formula is C18H15N5O4S. The molecule has 142 valence electrons. The van der Waals surface area contributed by atoms with Crippen LogP contribution < -0.4 is 10.1 Å². The van der Waals surface area contributed by atoms with Crippen LogP contribution in [0.2, 0.25) is 0 Å². The summed E-state index contributed by atoms with van der Waals surface area (Å²) in [5, 5.41) is 2.79. The van der Waals surface area contributed by atoms with Crippen molar-refractivity contribution in [1.29, 1.82) is 0 Å². The fourth-order valence-corrected chi connectivity index (χ4v) is 3.57. The maximum atomic E-state index is 12.5. The van der Waals surface area contributed by atoms with Gasteiger partial charge in [0, 0.05) is 30.8 Å². The lowest BCUT2D eigenvalue weighted by molar-refractivity contribution is -0.112. The molecule has 0 fully saturated rings. The minimum Gasteiger partial charge on any atom is -0.438 e. The van der Waals surface area contributed by atoms with E-state index < -0.39 is 10.0 Å². The van der Waals surface area contributed by atoms with Crippen molar-refractivity contribution in [3.05, 3.63) is 66.8 Å². The van der Waals surface area contributed by atoms with Gasteiger partial charge in [0.15, 0.2) is 0 Å². The highest BCUT2D eigenvalue weighted by atomic mass is 32.2. The van der Waals surface area contributed by atoms with Crippen molar-refractivity contribution in [1.82, 2.24) is 14.9 Å².